The van der Waals surface area contributed by atoms with Crippen molar-refractivity contribution in [1.82, 2.24) is 15.1 Å². The summed E-state index contributed by atoms with van der Waals surface area (Å²) in [5.41, 5.74) is -0.0737. The number of amides is 3. The quantitative estimate of drug-likeness (QED) is 0.573. The van der Waals surface area contributed by atoms with Gasteiger partial charge in [0.2, 0.25) is 0 Å². The van der Waals surface area contributed by atoms with Gasteiger partial charge in [0.15, 0.2) is 11.8 Å². The van der Waals surface area contributed by atoms with Gasteiger partial charge < -0.3 is 10.1 Å². The van der Waals surface area contributed by atoms with Gasteiger partial charge in [-0.15, -0.1) is 0 Å². The number of hydrogen-bond donors (Lipinski definition) is 1. The van der Waals surface area contributed by atoms with Crippen molar-refractivity contribution in [3.8, 4) is 0 Å². The molecule has 2 aliphatic rings. The molecular formula is C24H27N3O4. The lowest BCUT2D eigenvalue weighted by molar-refractivity contribution is -0.159. The summed E-state index contributed by atoms with van der Waals surface area (Å²) in [4.78, 5) is 42.2. The Morgan fingerprint density at radius 2 is 1.52 bits per heavy atom. The third kappa shape index (κ3) is 4.05. The van der Waals surface area contributed by atoms with Crippen LogP contribution in [-0.2, 0) is 19.9 Å². The van der Waals surface area contributed by atoms with Crippen molar-refractivity contribution in [2.75, 3.05) is 19.6 Å². The van der Waals surface area contributed by atoms with Gasteiger partial charge in [-0.25, -0.2) is 9.69 Å². The van der Waals surface area contributed by atoms with Gasteiger partial charge >= 0.3 is 12.0 Å². The molecule has 1 atom stereocenters. The first kappa shape index (κ1) is 21.1. The van der Waals surface area contributed by atoms with Gasteiger partial charge in [0, 0.05) is 0 Å². The smallest absolute Gasteiger partial charge is 0.328 e. The van der Waals surface area contributed by atoms with Crippen LogP contribution in [0.25, 0.3) is 0 Å². The van der Waals surface area contributed by atoms with Crippen molar-refractivity contribution in [3.05, 3.63) is 71.8 Å². The van der Waals surface area contributed by atoms with Crippen molar-refractivity contribution >= 4 is 17.9 Å². The molecule has 2 fully saturated rings. The first-order chi connectivity index (χ1) is 15.0. The molecule has 162 valence electrons. The van der Waals surface area contributed by atoms with Crippen LogP contribution in [0.5, 0.6) is 0 Å². The Labute approximate surface area is 182 Å². The zero-order valence-corrected chi connectivity index (χ0v) is 17.6. The fourth-order valence-electron chi connectivity index (χ4n) is 4.39. The van der Waals surface area contributed by atoms with E-state index in [1.807, 2.05) is 65.6 Å². The maximum atomic E-state index is 13.7. The maximum absolute atomic E-state index is 13.7. The van der Waals surface area contributed by atoms with Gasteiger partial charge in [-0.05, 0) is 44.0 Å². The zero-order valence-electron chi connectivity index (χ0n) is 17.6. The van der Waals surface area contributed by atoms with Crippen LogP contribution in [0, 0.1) is 0 Å². The van der Waals surface area contributed by atoms with Gasteiger partial charge in [-0.3, -0.25) is 14.5 Å². The fourth-order valence-corrected chi connectivity index (χ4v) is 4.39. The molecule has 2 aromatic rings. The first-order valence-corrected chi connectivity index (χ1v) is 10.7. The number of carbonyl (C=O) groups excluding carboxylic acids is 3. The number of urea groups is 1. The van der Waals surface area contributed by atoms with Crippen molar-refractivity contribution in [2.24, 2.45) is 0 Å². The lowest BCUT2D eigenvalue weighted by Crippen LogP contribution is -2.47. The van der Waals surface area contributed by atoms with Crippen molar-refractivity contribution in [3.63, 3.8) is 0 Å². The zero-order chi connectivity index (χ0) is 21.8. The second-order valence-electron chi connectivity index (χ2n) is 8.01. The Balaban J connectivity index is 1.58. The standard InChI is InChI=1S/C24H27N3O4/c1-18(31-21(28)17-26-15-9-4-10-16-26)27-22(29)24(25-23(27)30,19-11-5-2-6-12-19)20-13-7-3-8-14-20/h2-3,5-8,11-14,18H,4,9-10,15-17H2,1H3,(H,25,30). The van der Waals surface area contributed by atoms with E-state index in [9.17, 15) is 14.4 Å². The van der Waals surface area contributed by atoms with E-state index in [1.54, 1.807) is 6.92 Å². The Morgan fingerprint density at radius 3 is 2.06 bits per heavy atom. The topological polar surface area (TPSA) is 79.0 Å². The minimum Gasteiger partial charge on any atom is -0.440 e. The number of benzene rings is 2. The Kier molecular flexibility index (Phi) is 6.04. The third-order valence-electron chi connectivity index (χ3n) is 5.93. The molecule has 0 bridgehead atoms. The summed E-state index contributed by atoms with van der Waals surface area (Å²) in [6, 6.07) is 17.6. The van der Waals surface area contributed by atoms with Gasteiger partial charge in [0.05, 0.1) is 6.54 Å². The molecule has 2 aliphatic heterocycles. The van der Waals surface area contributed by atoms with Crippen LogP contribution >= 0.6 is 0 Å². The van der Waals surface area contributed by atoms with E-state index in [0.29, 0.717) is 11.1 Å². The summed E-state index contributed by atoms with van der Waals surface area (Å²) in [5.74, 6) is -0.903. The highest BCUT2D eigenvalue weighted by Crippen LogP contribution is 2.36. The van der Waals surface area contributed by atoms with Crippen LogP contribution in [0.4, 0.5) is 4.79 Å². The van der Waals surface area contributed by atoms with Gasteiger partial charge in [-0.2, -0.15) is 0 Å². The van der Waals surface area contributed by atoms with Crippen LogP contribution in [-0.4, -0.2) is 53.6 Å². The molecule has 7 nitrogen and oxygen atoms in total. The Morgan fingerprint density at radius 1 is 0.968 bits per heavy atom. The molecule has 1 N–H and O–H groups in total. The number of nitrogens with one attached hydrogen (secondary N) is 1. The monoisotopic (exact) mass is 421 g/mol. The highest BCUT2D eigenvalue weighted by molar-refractivity contribution is 6.09. The van der Waals surface area contributed by atoms with E-state index in [2.05, 4.69) is 5.32 Å². The maximum Gasteiger partial charge on any atom is 0.328 e. The highest BCUT2D eigenvalue weighted by Gasteiger charge is 2.55. The van der Waals surface area contributed by atoms with Crippen LogP contribution < -0.4 is 5.32 Å². The average molecular weight is 421 g/mol. The molecule has 2 saturated heterocycles. The van der Waals surface area contributed by atoms with E-state index in [1.165, 1.54) is 6.42 Å². The normalized spacial score (nSPS) is 19.7. The summed E-state index contributed by atoms with van der Waals surface area (Å²) in [6.07, 6.45) is 2.28. The molecule has 0 aliphatic carbocycles. The number of imide groups is 1. The molecule has 4 rings (SSSR count). The fraction of sp³-hybridized carbons (Fsp3) is 0.375. The molecule has 0 spiro atoms. The largest absolute Gasteiger partial charge is 0.440 e. The van der Waals surface area contributed by atoms with E-state index in [-0.39, 0.29) is 6.54 Å². The highest BCUT2D eigenvalue weighted by atomic mass is 16.6. The number of ether oxygens (including phenoxy) is 1. The molecule has 31 heavy (non-hydrogen) atoms. The number of likely N-dealkylation sites (tertiary alicyclic amines) is 1. The number of nitrogens with zero attached hydrogens (tertiary/aromatic N) is 2. The number of carbonyl (C=O) groups is 3. The minimum atomic E-state index is -1.37. The molecule has 0 radical (unpaired) electrons. The number of esters is 1. The van der Waals surface area contributed by atoms with Crippen molar-refractivity contribution < 1.29 is 19.1 Å². The molecule has 2 aromatic carbocycles. The summed E-state index contributed by atoms with van der Waals surface area (Å²) >= 11 is 0. The first-order valence-electron chi connectivity index (χ1n) is 10.7. The molecule has 0 saturated carbocycles. The number of piperidine rings is 1. The molecular weight excluding hydrogens is 394 g/mol. The molecule has 0 aromatic heterocycles. The van der Waals surface area contributed by atoms with Crippen LogP contribution in [0.1, 0.15) is 37.3 Å². The Bertz CT molecular complexity index is 902. The second-order valence-corrected chi connectivity index (χ2v) is 8.01. The molecule has 3 amide bonds. The molecule has 1 unspecified atom stereocenters. The van der Waals surface area contributed by atoms with E-state index >= 15 is 0 Å². The van der Waals surface area contributed by atoms with Crippen LogP contribution in [0.3, 0.4) is 0 Å². The predicted octanol–water partition coefficient (Wildman–Crippen LogP) is 2.86. The van der Waals surface area contributed by atoms with Crippen molar-refractivity contribution in [2.45, 2.75) is 38.0 Å². The number of hydrogen-bond acceptors (Lipinski definition) is 5. The predicted molar refractivity (Wildman–Crippen MR) is 115 cm³/mol. The molecule has 2 heterocycles. The summed E-state index contributed by atoms with van der Waals surface area (Å²) < 4.78 is 5.51. The minimum absolute atomic E-state index is 0.163. The lowest BCUT2D eigenvalue weighted by Gasteiger charge is -2.29. The summed E-state index contributed by atoms with van der Waals surface area (Å²) in [6.45, 7) is 3.43. The lowest BCUT2D eigenvalue weighted by atomic mass is 9.82. The second kappa shape index (κ2) is 8.89. The number of rotatable bonds is 6. The van der Waals surface area contributed by atoms with Crippen LogP contribution in [0.15, 0.2) is 60.7 Å². The van der Waals surface area contributed by atoms with Crippen molar-refractivity contribution in [1.29, 1.82) is 0 Å². The van der Waals surface area contributed by atoms with E-state index in [0.717, 1.165) is 30.8 Å². The third-order valence-corrected chi connectivity index (χ3v) is 5.93. The summed E-state index contributed by atoms with van der Waals surface area (Å²) in [7, 11) is 0. The SMILES string of the molecule is CC(OC(=O)CN1CCCCC1)N1C(=O)NC(c2ccccc2)(c2ccccc2)C1=O. The van der Waals surface area contributed by atoms with E-state index < -0.39 is 29.7 Å². The van der Waals surface area contributed by atoms with Crippen LogP contribution in [0.2, 0.25) is 0 Å². The van der Waals surface area contributed by atoms with Gasteiger partial charge in [0.1, 0.15) is 0 Å². The van der Waals surface area contributed by atoms with E-state index in [4.69, 9.17) is 4.74 Å². The van der Waals surface area contributed by atoms with Gasteiger partial charge in [-0.1, -0.05) is 67.1 Å². The summed E-state index contributed by atoms with van der Waals surface area (Å²) in [5, 5.41) is 2.87. The molecule has 7 heteroatoms. The Hall–Kier alpha value is -3.19. The average Bonchev–Trinajstić information content (AvgIpc) is 3.06. The van der Waals surface area contributed by atoms with Gasteiger partial charge in [0.25, 0.3) is 5.91 Å².